The van der Waals surface area contributed by atoms with Gasteiger partial charge < -0.3 is 20.7 Å². The standard InChI is InChI=1S/C20H28N4O/c1-21-20(23-15-8-14-22-18-10-4-2-5-11-18)24-16-9-17-25-19-12-6-3-7-13-19/h2-7,10-13,22H,8-9,14-17H2,1H3,(H2,21,23,24). The van der Waals surface area contributed by atoms with Crippen molar-refractivity contribution in [3.05, 3.63) is 60.7 Å². The molecule has 0 aliphatic heterocycles. The van der Waals surface area contributed by atoms with Gasteiger partial charge in [-0.15, -0.1) is 0 Å². The van der Waals surface area contributed by atoms with Gasteiger partial charge in [0.1, 0.15) is 5.75 Å². The summed E-state index contributed by atoms with van der Waals surface area (Å²) in [5.74, 6) is 1.75. The molecule has 0 amide bonds. The highest BCUT2D eigenvalue weighted by atomic mass is 16.5. The van der Waals surface area contributed by atoms with Crippen LogP contribution in [0.1, 0.15) is 12.8 Å². The van der Waals surface area contributed by atoms with Gasteiger partial charge in [0, 0.05) is 32.4 Å². The Morgan fingerprint density at radius 3 is 2.16 bits per heavy atom. The van der Waals surface area contributed by atoms with Crippen molar-refractivity contribution in [1.82, 2.24) is 10.6 Å². The van der Waals surface area contributed by atoms with Crippen LogP contribution in [0.2, 0.25) is 0 Å². The summed E-state index contributed by atoms with van der Waals surface area (Å²) in [7, 11) is 1.79. The van der Waals surface area contributed by atoms with Crippen molar-refractivity contribution < 1.29 is 4.74 Å². The lowest BCUT2D eigenvalue weighted by Gasteiger charge is -2.12. The zero-order valence-electron chi connectivity index (χ0n) is 14.9. The van der Waals surface area contributed by atoms with Gasteiger partial charge in [0.15, 0.2) is 5.96 Å². The Morgan fingerprint density at radius 2 is 1.48 bits per heavy atom. The highest BCUT2D eigenvalue weighted by molar-refractivity contribution is 5.79. The molecule has 0 aliphatic carbocycles. The molecule has 0 unspecified atom stereocenters. The van der Waals surface area contributed by atoms with E-state index in [1.807, 2.05) is 48.5 Å². The Morgan fingerprint density at radius 1 is 0.840 bits per heavy atom. The van der Waals surface area contributed by atoms with Gasteiger partial charge in [0.2, 0.25) is 0 Å². The minimum absolute atomic E-state index is 0.689. The van der Waals surface area contributed by atoms with Crippen LogP contribution in [-0.4, -0.2) is 39.2 Å². The Balaban J connectivity index is 1.49. The van der Waals surface area contributed by atoms with E-state index in [9.17, 15) is 0 Å². The van der Waals surface area contributed by atoms with Crippen LogP contribution in [0.15, 0.2) is 65.7 Å². The van der Waals surface area contributed by atoms with E-state index < -0.39 is 0 Å². The fraction of sp³-hybridized carbons (Fsp3) is 0.350. The molecule has 0 heterocycles. The number of para-hydroxylation sites is 2. The molecule has 0 atom stereocenters. The van der Waals surface area contributed by atoms with Gasteiger partial charge in [-0.05, 0) is 37.1 Å². The van der Waals surface area contributed by atoms with Crippen LogP contribution >= 0.6 is 0 Å². The fourth-order valence-electron chi connectivity index (χ4n) is 2.29. The molecule has 0 aromatic heterocycles. The lowest BCUT2D eigenvalue weighted by atomic mass is 10.3. The van der Waals surface area contributed by atoms with E-state index in [0.29, 0.717) is 6.61 Å². The van der Waals surface area contributed by atoms with Crippen molar-refractivity contribution in [3.63, 3.8) is 0 Å². The molecule has 2 aromatic carbocycles. The molecule has 0 bridgehead atoms. The summed E-state index contributed by atoms with van der Waals surface area (Å²) in [6.07, 6.45) is 1.94. The number of guanidine groups is 1. The van der Waals surface area contributed by atoms with Crippen LogP contribution in [0.4, 0.5) is 5.69 Å². The number of ether oxygens (including phenoxy) is 1. The van der Waals surface area contributed by atoms with Crippen LogP contribution in [0.25, 0.3) is 0 Å². The first-order valence-corrected chi connectivity index (χ1v) is 8.80. The van der Waals surface area contributed by atoms with Crippen molar-refractivity contribution >= 4 is 11.6 Å². The highest BCUT2D eigenvalue weighted by Crippen LogP contribution is 2.08. The molecular formula is C20H28N4O. The number of nitrogens with one attached hydrogen (secondary N) is 3. The van der Waals surface area contributed by atoms with E-state index in [0.717, 1.165) is 49.9 Å². The molecule has 3 N–H and O–H groups in total. The maximum Gasteiger partial charge on any atom is 0.190 e. The van der Waals surface area contributed by atoms with E-state index in [4.69, 9.17) is 4.74 Å². The van der Waals surface area contributed by atoms with Crippen molar-refractivity contribution in [2.24, 2.45) is 4.99 Å². The smallest absolute Gasteiger partial charge is 0.190 e. The van der Waals surface area contributed by atoms with E-state index in [-0.39, 0.29) is 0 Å². The number of hydrogen-bond donors (Lipinski definition) is 3. The molecule has 2 aromatic rings. The van der Waals surface area contributed by atoms with Crippen LogP contribution < -0.4 is 20.7 Å². The Bertz CT molecular complexity index is 550. The number of benzene rings is 2. The van der Waals surface area contributed by atoms with E-state index >= 15 is 0 Å². The SMILES string of the molecule is CN=C(NCCCNc1ccccc1)NCCCOc1ccccc1. The average molecular weight is 340 g/mol. The van der Waals surface area contributed by atoms with Gasteiger partial charge in [-0.2, -0.15) is 0 Å². The van der Waals surface area contributed by atoms with Crippen molar-refractivity contribution in [2.45, 2.75) is 12.8 Å². The van der Waals surface area contributed by atoms with Gasteiger partial charge in [0.25, 0.3) is 0 Å². The molecule has 25 heavy (non-hydrogen) atoms. The topological polar surface area (TPSA) is 57.7 Å². The van der Waals surface area contributed by atoms with E-state index in [1.54, 1.807) is 7.05 Å². The van der Waals surface area contributed by atoms with Crippen molar-refractivity contribution in [2.75, 3.05) is 38.6 Å². The number of aliphatic imine (C=N–C) groups is 1. The molecule has 2 rings (SSSR count). The summed E-state index contributed by atoms with van der Waals surface area (Å²) in [5.41, 5.74) is 1.16. The lowest BCUT2D eigenvalue weighted by Crippen LogP contribution is -2.38. The van der Waals surface area contributed by atoms with Crippen molar-refractivity contribution in [1.29, 1.82) is 0 Å². The lowest BCUT2D eigenvalue weighted by molar-refractivity contribution is 0.311. The van der Waals surface area contributed by atoms with E-state index in [1.165, 1.54) is 0 Å². The largest absolute Gasteiger partial charge is 0.494 e. The average Bonchev–Trinajstić information content (AvgIpc) is 2.67. The van der Waals surface area contributed by atoms with Crippen LogP contribution in [-0.2, 0) is 0 Å². The number of hydrogen-bond acceptors (Lipinski definition) is 3. The summed E-state index contributed by atoms with van der Waals surface area (Å²) in [6.45, 7) is 3.32. The molecule has 5 nitrogen and oxygen atoms in total. The predicted octanol–water partition coefficient (Wildman–Crippen LogP) is 3.12. The second-order valence-corrected chi connectivity index (χ2v) is 5.59. The summed E-state index contributed by atoms with van der Waals surface area (Å²) in [4.78, 5) is 4.23. The second kappa shape index (κ2) is 11.8. The summed E-state index contributed by atoms with van der Waals surface area (Å²) < 4.78 is 5.67. The van der Waals surface area contributed by atoms with Crippen LogP contribution in [0.5, 0.6) is 5.75 Å². The third-order valence-electron chi connectivity index (χ3n) is 3.60. The zero-order valence-corrected chi connectivity index (χ0v) is 14.9. The Labute approximate surface area is 150 Å². The first-order chi connectivity index (χ1) is 12.4. The number of nitrogens with zero attached hydrogens (tertiary/aromatic N) is 1. The minimum atomic E-state index is 0.689. The Hall–Kier alpha value is -2.69. The van der Waals surface area contributed by atoms with Gasteiger partial charge >= 0.3 is 0 Å². The van der Waals surface area contributed by atoms with Gasteiger partial charge in [-0.25, -0.2) is 0 Å². The third kappa shape index (κ3) is 8.11. The number of rotatable bonds is 10. The maximum absolute atomic E-state index is 5.67. The minimum Gasteiger partial charge on any atom is -0.494 e. The number of anilines is 1. The summed E-state index contributed by atoms with van der Waals surface area (Å²) >= 11 is 0. The molecule has 0 spiro atoms. The molecule has 5 heteroatoms. The predicted molar refractivity (Wildman–Crippen MR) is 105 cm³/mol. The first kappa shape index (κ1) is 18.6. The molecular weight excluding hydrogens is 312 g/mol. The highest BCUT2D eigenvalue weighted by Gasteiger charge is 1.97. The van der Waals surface area contributed by atoms with Gasteiger partial charge in [-0.3, -0.25) is 4.99 Å². The Kier molecular flexibility index (Phi) is 8.79. The molecule has 0 radical (unpaired) electrons. The normalized spacial score (nSPS) is 11.0. The monoisotopic (exact) mass is 340 g/mol. The second-order valence-electron chi connectivity index (χ2n) is 5.59. The molecule has 0 saturated heterocycles. The maximum atomic E-state index is 5.67. The molecule has 0 fully saturated rings. The van der Waals surface area contributed by atoms with Crippen molar-refractivity contribution in [3.8, 4) is 5.75 Å². The van der Waals surface area contributed by atoms with Gasteiger partial charge in [-0.1, -0.05) is 36.4 Å². The first-order valence-electron chi connectivity index (χ1n) is 8.80. The molecule has 0 saturated carbocycles. The van der Waals surface area contributed by atoms with Crippen LogP contribution in [0, 0.1) is 0 Å². The summed E-state index contributed by atoms with van der Waals surface area (Å²) in [6, 6.07) is 20.1. The quantitative estimate of drug-likeness (QED) is 0.353. The fourth-order valence-corrected chi connectivity index (χ4v) is 2.29. The zero-order chi connectivity index (χ0) is 17.6. The summed E-state index contributed by atoms with van der Waals surface area (Å²) in [5, 5.41) is 10.0. The third-order valence-corrected chi connectivity index (χ3v) is 3.60. The molecule has 0 aliphatic rings. The molecule has 134 valence electrons. The van der Waals surface area contributed by atoms with Crippen LogP contribution in [0.3, 0.4) is 0 Å². The van der Waals surface area contributed by atoms with E-state index in [2.05, 4.69) is 33.1 Å². The van der Waals surface area contributed by atoms with Gasteiger partial charge in [0.05, 0.1) is 6.61 Å².